The van der Waals surface area contributed by atoms with Gasteiger partial charge in [0.15, 0.2) is 0 Å². The first-order valence-corrected chi connectivity index (χ1v) is 16.1. The number of para-hydroxylation sites is 2. The van der Waals surface area contributed by atoms with Crippen LogP contribution < -0.4 is 5.32 Å². The van der Waals surface area contributed by atoms with Crippen LogP contribution >= 0.6 is 0 Å². The van der Waals surface area contributed by atoms with Crippen LogP contribution in [0.2, 0.25) is 0 Å². The van der Waals surface area contributed by atoms with E-state index in [-0.39, 0.29) is 0 Å². The summed E-state index contributed by atoms with van der Waals surface area (Å²) in [6.45, 7) is 22.9. The quantitative estimate of drug-likeness (QED) is 0.214. The van der Waals surface area contributed by atoms with Gasteiger partial charge in [-0.15, -0.1) is 0 Å². The fraction of sp³-hybridized carbons (Fsp3) is 0.595. The fourth-order valence-electron chi connectivity index (χ4n) is 6.45. The molecular formula is C37H58N2. The third-order valence-corrected chi connectivity index (χ3v) is 8.96. The third-order valence-electron chi connectivity index (χ3n) is 8.96. The number of hydrogen-bond acceptors (Lipinski definition) is 2. The number of rotatable bonds is 16. The van der Waals surface area contributed by atoms with Crippen molar-refractivity contribution < 1.29 is 0 Å². The summed E-state index contributed by atoms with van der Waals surface area (Å²) in [6.07, 6.45) is 11.5. The van der Waals surface area contributed by atoms with E-state index in [4.69, 9.17) is 4.99 Å². The number of allylic oxidation sites excluding steroid dienone is 2. The lowest BCUT2D eigenvalue weighted by molar-refractivity contribution is 0.625. The number of anilines is 1. The molecule has 0 unspecified atom stereocenters. The van der Waals surface area contributed by atoms with Gasteiger partial charge < -0.3 is 5.32 Å². The van der Waals surface area contributed by atoms with Crippen molar-refractivity contribution in [1.29, 1.82) is 0 Å². The van der Waals surface area contributed by atoms with Crippen molar-refractivity contribution in [3.8, 4) is 0 Å². The van der Waals surface area contributed by atoms with E-state index in [1.165, 1.54) is 33.6 Å². The maximum atomic E-state index is 5.35. The lowest BCUT2D eigenvalue weighted by Crippen LogP contribution is -2.10. The van der Waals surface area contributed by atoms with E-state index < -0.39 is 0 Å². The molecule has 0 saturated carbocycles. The van der Waals surface area contributed by atoms with Crippen molar-refractivity contribution >= 4 is 17.1 Å². The minimum Gasteiger partial charge on any atom is -0.359 e. The van der Waals surface area contributed by atoms with Crippen molar-refractivity contribution in [2.24, 2.45) is 4.99 Å². The SMILES string of the molecule is CCC(CC)c1cccc(C(CC)CC)c1N=C(C)/C=C(/C)Nc1c(C(CC)CC)cccc1C(CC)CC. The van der Waals surface area contributed by atoms with Gasteiger partial charge in [0.1, 0.15) is 0 Å². The van der Waals surface area contributed by atoms with Crippen molar-refractivity contribution in [3.63, 3.8) is 0 Å². The summed E-state index contributed by atoms with van der Waals surface area (Å²) in [6, 6.07) is 13.8. The van der Waals surface area contributed by atoms with Crippen LogP contribution in [-0.4, -0.2) is 5.71 Å². The molecule has 0 spiro atoms. The van der Waals surface area contributed by atoms with Gasteiger partial charge in [0, 0.05) is 17.1 Å². The molecule has 0 saturated heterocycles. The molecule has 2 aromatic carbocycles. The Bertz CT molecular complexity index is 1000. The summed E-state index contributed by atoms with van der Waals surface area (Å²) in [4.78, 5) is 5.35. The highest BCUT2D eigenvalue weighted by Crippen LogP contribution is 2.40. The van der Waals surface area contributed by atoms with Crippen LogP contribution in [0.4, 0.5) is 11.4 Å². The summed E-state index contributed by atoms with van der Waals surface area (Å²) < 4.78 is 0. The molecule has 1 N–H and O–H groups in total. The van der Waals surface area contributed by atoms with Gasteiger partial charge in [-0.05, 0) is 117 Å². The standard InChI is InChI=1S/C37H58N2/c1-11-28(12-2)32-21-19-22-33(29(13-3)14-4)36(32)38-26(9)25-27(10)39-37-34(30(15-5)16-6)23-20-24-35(37)31(17-7)18-8/h19-25,28-31,38H,11-18H2,1-10H3/b26-25-,39-27?. The molecule has 0 bridgehead atoms. The first kappa shape index (κ1) is 32.9. The van der Waals surface area contributed by atoms with Gasteiger partial charge in [0.25, 0.3) is 0 Å². The number of benzene rings is 2. The minimum atomic E-state index is 0.545. The van der Waals surface area contributed by atoms with Gasteiger partial charge in [-0.2, -0.15) is 0 Å². The predicted molar refractivity (Wildman–Crippen MR) is 176 cm³/mol. The predicted octanol–water partition coefficient (Wildman–Crippen LogP) is 12.4. The van der Waals surface area contributed by atoms with Gasteiger partial charge >= 0.3 is 0 Å². The maximum absolute atomic E-state index is 5.35. The van der Waals surface area contributed by atoms with E-state index >= 15 is 0 Å². The summed E-state index contributed by atoms with van der Waals surface area (Å²) in [7, 11) is 0. The monoisotopic (exact) mass is 530 g/mol. The molecule has 2 aromatic rings. The molecule has 2 rings (SSSR count). The van der Waals surface area contributed by atoms with Crippen molar-refractivity contribution in [2.75, 3.05) is 5.32 Å². The molecule has 0 radical (unpaired) electrons. The van der Waals surface area contributed by atoms with Crippen LogP contribution in [0.1, 0.15) is 167 Å². The van der Waals surface area contributed by atoms with Gasteiger partial charge in [-0.3, -0.25) is 4.99 Å². The van der Waals surface area contributed by atoms with Crippen LogP contribution in [0.3, 0.4) is 0 Å². The summed E-state index contributed by atoms with van der Waals surface area (Å²) in [5, 5.41) is 3.89. The molecule has 0 fully saturated rings. The Morgan fingerprint density at radius 2 is 0.923 bits per heavy atom. The highest BCUT2D eigenvalue weighted by Gasteiger charge is 2.21. The van der Waals surface area contributed by atoms with Crippen LogP contribution in [-0.2, 0) is 0 Å². The molecule has 0 heterocycles. The first-order chi connectivity index (χ1) is 18.8. The lowest BCUT2D eigenvalue weighted by Gasteiger charge is -2.25. The Hall–Kier alpha value is -2.35. The van der Waals surface area contributed by atoms with Gasteiger partial charge in [0.05, 0.1) is 5.69 Å². The molecule has 0 atom stereocenters. The molecule has 2 nitrogen and oxygen atoms in total. The molecule has 2 heteroatoms. The number of nitrogens with one attached hydrogen (secondary N) is 1. The smallest absolute Gasteiger partial charge is 0.0702 e. The van der Waals surface area contributed by atoms with Crippen LogP contribution in [0, 0.1) is 0 Å². The normalized spacial score (nSPS) is 12.9. The third kappa shape index (κ3) is 8.32. The second-order valence-corrected chi connectivity index (χ2v) is 11.4. The average Bonchev–Trinajstić information content (AvgIpc) is 2.94. The fourth-order valence-corrected chi connectivity index (χ4v) is 6.45. The molecule has 39 heavy (non-hydrogen) atoms. The van der Waals surface area contributed by atoms with E-state index in [9.17, 15) is 0 Å². The summed E-state index contributed by atoms with van der Waals surface area (Å²) in [5.41, 5.74) is 10.5. The van der Waals surface area contributed by atoms with E-state index in [1.54, 1.807) is 0 Å². The van der Waals surface area contributed by atoms with Gasteiger partial charge in [-0.1, -0.05) is 91.8 Å². The molecule has 0 aliphatic carbocycles. The summed E-state index contributed by atoms with van der Waals surface area (Å²) in [5.74, 6) is 2.23. The zero-order valence-corrected chi connectivity index (χ0v) is 27.0. The maximum Gasteiger partial charge on any atom is 0.0702 e. The van der Waals surface area contributed by atoms with Crippen LogP contribution in [0.15, 0.2) is 53.2 Å². The Kier molecular flexibility index (Phi) is 14.1. The number of nitrogens with zero attached hydrogens (tertiary/aromatic N) is 1. The minimum absolute atomic E-state index is 0.545. The van der Waals surface area contributed by atoms with Crippen molar-refractivity contribution in [2.45, 2.75) is 144 Å². The van der Waals surface area contributed by atoms with Gasteiger partial charge in [0.2, 0.25) is 0 Å². The molecule has 216 valence electrons. The number of hydrogen-bond donors (Lipinski definition) is 1. The van der Waals surface area contributed by atoms with Crippen molar-refractivity contribution in [1.82, 2.24) is 0 Å². The largest absolute Gasteiger partial charge is 0.359 e. The Morgan fingerprint density at radius 1 is 0.590 bits per heavy atom. The Balaban J connectivity index is 2.61. The molecular weight excluding hydrogens is 472 g/mol. The molecule has 0 aliphatic heterocycles. The topological polar surface area (TPSA) is 24.4 Å². The van der Waals surface area contributed by atoms with Crippen molar-refractivity contribution in [3.05, 3.63) is 70.4 Å². The molecule has 0 aliphatic rings. The highest BCUT2D eigenvalue weighted by molar-refractivity contribution is 5.96. The Labute approximate surface area is 241 Å². The van der Waals surface area contributed by atoms with E-state index in [1.807, 2.05) is 0 Å². The van der Waals surface area contributed by atoms with Crippen LogP contribution in [0.25, 0.3) is 0 Å². The molecule has 0 aromatic heterocycles. The first-order valence-electron chi connectivity index (χ1n) is 16.1. The lowest BCUT2D eigenvalue weighted by atomic mass is 9.85. The number of aliphatic imine (C=N–C) groups is 1. The van der Waals surface area contributed by atoms with Crippen LogP contribution in [0.5, 0.6) is 0 Å². The zero-order valence-electron chi connectivity index (χ0n) is 27.0. The van der Waals surface area contributed by atoms with E-state index in [0.29, 0.717) is 23.7 Å². The Morgan fingerprint density at radius 3 is 1.28 bits per heavy atom. The second kappa shape index (κ2) is 16.7. The second-order valence-electron chi connectivity index (χ2n) is 11.4. The highest BCUT2D eigenvalue weighted by atomic mass is 14.9. The molecule has 0 amide bonds. The van der Waals surface area contributed by atoms with E-state index in [0.717, 1.165) is 62.8 Å². The zero-order chi connectivity index (χ0) is 28.9. The van der Waals surface area contributed by atoms with E-state index in [2.05, 4.69) is 117 Å². The summed E-state index contributed by atoms with van der Waals surface area (Å²) >= 11 is 0. The average molecular weight is 531 g/mol. The van der Waals surface area contributed by atoms with Gasteiger partial charge in [-0.25, -0.2) is 0 Å².